The summed E-state index contributed by atoms with van der Waals surface area (Å²) in [4.78, 5) is 23.4. The lowest BCUT2D eigenvalue weighted by molar-refractivity contribution is -0.143. The van der Waals surface area contributed by atoms with Crippen molar-refractivity contribution in [3.63, 3.8) is 0 Å². The van der Waals surface area contributed by atoms with Crippen LogP contribution in [0.3, 0.4) is 0 Å². The van der Waals surface area contributed by atoms with Gasteiger partial charge in [-0.05, 0) is 12.5 Å². The number of nitrogens with zero attached hydrogens (tertiary/aromatic N) is 1. The van der Waals surface area contributed by atoms with E-state index in [1.807, 2.05) is 6.07 Å². The van der Waals surface area contributed by atoms with Gasteiger partial charge in [0.25, 0.3) is 0 Å². The summed E-state index contributed by atoms with van der Waals surface area (Å²) in [6, 6.07) is 10.4. The van der Waals surface area contributed by atoms with Crippen molar-refractivity contribution < 1.29 is 19.2 Å². The van der Waals surface area contributed by atoms with Crippen LogP contribution in [0.1, 0.15) is 18.2 Å². The minimum Gasteiger partial charge on any atom is -0.481 e. The number of aliphatic carboxylic acids is 1. The Kier molecular flexibility index (Phi) is 4.37. The van der Waals surface area contributed by atoms with Crippen molar-refractivity contribution in [2.45, 2.75) is 18.8 Å². The highest BCUT2D eigenvalue weighted by Crippen LogP contribution is 2.23. The molecule has 0 saturated carbocycles. The molecule has 0 aliphatic rings. The first kappa shape index (κ1) is 14.8. The Morgan fingerprint density at radius 1 is 1.29 bits per heavy atom. The Morgan fingerprint density at radius 3 is 2.57 bits per heavy atom. The maximum Gasteiger partial charge on any atom is 0.315 e. The number of carboxylic acid groups (broad SMARTS) is 1. The molecule has 21 heavy (non-hydrogen) atoms. The largest absolute Gasteiger partial charge is 0.481 e. The molecule has 0 aliphatic heterocycles. The third kappa shape index (κ3) is 3.47. The molecule has 0 saturated heterocycles. The SMILES string of the molecule is CC(CNC(=O)Cc1ccon1)(C(=O)O)c1ccccc1. The Hall–Kier alpha value is -2.63. The van der Waals surface area contributed by atoms with Crippen LogP contribution in [0.2, 0.25) is 0 Å². The number of hydrogen-bond acceptors (Lipinski definition) is 4. The summed E-state index contributed by atoms with van der Waals surface area (Å²) in [6.07, 6.45) is 1.44. The van der Waals surface area contributed by atoms with Gasteiger partial charge in [-0.3, -0.25) is 9.59 Å². The van der Waals surface area contributed by atoms with E-state index in [0.29, 0.717) is 11.3 Å². The summed E-state index contributed by atoms with van der Waals surface area (Å²) < 4.78 is 4.64. The second kappa shape index (κ2) is 6.21. The highest BCUT2D eigenvalue weighted by Gasteiger charge is 2.35. The van der Waals surface area contributed by atoms with Crippen LogP contribution in [0.5, 0.6) is 0 Å². The molecule has 6 heteroatoms. The van der Waals surface area contributed by atoms with E-state index in [2.05, 4.69) is 15.0 Å². The van der Waals surface area contributed by atoms with Crippen LogP contribution in [0.4, 0.5) is 0 Å². The van der Waals surface area contributed by atoms with Crippen LogP contribution < -0.4 is 5.32 Å². The summed E-state index contributed by atoms with van der Waals surface area (Å²) in [7, 11) is 0. The van der Waals surface area contributed by atoms with Gasteiger partial charge in [0.15, 0.2) is 0 Å². The van der Waals surface area contributed by atoms with Crippen LogP contribution in [-0.2, 0) is 21.4 Å². The minimum atomic E-state index is -1.18. The first-order valence-corrected chi connectivity index (χ1v) is 6.47. The number of nitrogens with one attached hydrogen (secondary N) is 1. The van der Waals surface area contributed by atoms with Gasteiger partial charge in [-0.15, -0.1) is 0 Å². The third-order valence-corrected chi connectivity index (χ3v) is 3.35. The van der Waals surface area contributed by atoms with E-state index >= 15 is 0 Å². The number of carbonyl (C=O) groups excluding carboxylic acids is 1. The van der Waals surface area contributed by atoms with Gasteiger partial charge in [0.05, 0.1) is 12.1 Å². The summed E-state index contributed by atoms with van der Waals surface area (Å²) >= 11 is 0. The Bertz CT molecular complexity index is 610. The molecule has 2 N–H and O–H groups in total. The highest BCUT2D eigenvalue weighted by atomic mass is 16.5. The topological polar surface area (TPSA) is 92.4 Å². The van der Waals surface area contributed by atoms with Crippen molar-refractivity contribution in [1.29, 1.82) is 0 Å². The minimum absolute atomic E-state index is 0.00301. The molecule has 1 unspecified atom stereocenters. The zero-order valence-corrected chi connectivity index (χ0v) is 11.6. The number of benzene rings is 1. The predicted molar refractivity (Wildman–Crippen MR) is 74.6 cm³/mol. The molecule has 1 aromatic carbocycles. The van der Waals surface area contributed by atoms with E-state index in [4.69, 9.17) is 0 Å². The lowest BCUT2D eigenvalue weighted by Gasteiger charge is -2.25. The van der Waals surface area contributed by atoms with E-state index in [0.717, 1.165) is 0 Å². The molecule has 0 spiro atoms. The lowest BCUT2D eigenvalue weighted by atomic mass is 9.82. The molecular weight excluding hydrogens is 272 g/mol. The molecule has 1 heterocycles. The smallest absolute Gasteiger partial charge is 0.315 e. The van der Waals surface area contributed by atoms with Gasteiger partial charge in [-0.2, -0.15) is 0 Å². The molecule has 2 rings (SSSR count). The molecule has 0 bridgehead atoms. The number of amides is 1. The van der Waals surface area contributed by atoms with E-state index in [-0.39, 0.29) is 18.9 Å². The van der Waals surface area contributed by atoms with Gasteiger partial charge in [0.1, 0.15) is 11.7 Å². The fourth-order valence-electron chi connectivity index (χ4n) is 1.94. The van der Waals surface area contributed by atoms with Crippen molar-refractivity contribution in [2.24, 2.45) is 0 Å². The fraction of sp³-hybridized carbons (Fsp3) is 0.267. The Balaban J connectivity index is 2.04. The summed E-state index contributed by atoms with van der Waals surface area (Å²) in [6.45, 7) is 1.59. The van der Waals surface area contributed by atoms with Crippen molar-refractivity contribution in [2.75, 3.05) is 6.54 Å². The van der Waals surface area contributed by atoms with Gasteiger partial charge in [-0.25, -0.2) is 0 Å². The Morgan fingerprint density at radius 2 is 2.00 bits per heavy atom. The molecule has 0 radical (unpaired) electrons. The summed E-state index contributed by atoms with van der Waals surface area (Å²) in [5.74, 6) is -1.29. The van der Waals surface area contributed by atoms with E-state index in [1.165, 1.54) is 6.26 Å². The average Bonchev–Trinajstić information content (AvgIpc) is 2.98. The van der Waals surface area contributed by atoms with Crippen molar-refractivity contribution >= 4 is 11.9 Å². The van der Waals surface area contributed by atoms with Crippen molar-refractivity contribution in [3.8, 4) is 0 Å². The van der Waals surface area contributed by atoms with Crippen molar-refractivity contribution in [1.82, 2.24) is 10.5 Å². The fourth-order valence-corrected chi connectivity index (χ4v) is 1.94. The van der Waals surface area contributed by atoms with Gasteiger partial charge in [-0.1, -0.05) is 35.5 Å². The monoisotopic (exact) mass is 288 g/mol. The quantitative estimate of drug-likeness (QED) is 0.837. The molecular formula is C15H16N2O4. The zero-order valence-electron chi connectivity index (χ0n) is 11.6. The maximum absolute atomic E-state index is 11.8. The average molecular weight is 288 g/mol. The van der Waals surface area contributed by atoms with E-state index < -0.39 is 11.4 Å². The number of aromatic nitrogens is 1. The van der Waals surface area contributed by atoms with Gasteiger partial charge >= 0.3 is 5.97 Å². The molecule has 1 atom stereocenters. The van der Waals surface area contributed by atoms with E-state index in [9.17, 15) is 14.7 Å². The normalized spacial score (nSPS) is 13.4. The van der Waals surface area contributed by atoms with Crippen molar-refractivity contribution in [3.05, 3.63) is 53.9 Å². The van der Waals surface area contributed by atoms with Gasteiger partial charge in [0, 0.05) is 12.6 Å². The number of rotatable bonds is 6. The number of carboxylic acids is 1. The van der Waals surface area contributed by atoms with E-state index in [1.54, 1.807) is 37.3 Å². The predicted octanol–water partition coefficient (Wildman–Crippen LogP) is 1.38. The van der Waals surface area contributed by atoms with Crippen LogP contribution in [0, 0.1) is 0 Å². The van der Waals surface area contributed by atoms with Gasteiger partial charge in [0.2, 0.25) is 5.91 Å². The summed E-state index contributed by atoms with van der Waals surface area (Å²) in [5.41, 5.74) is -0.0377. The molecule has 6 nitrogen and oxygen atoms in total. The molecule has 110 valence electrons. The molecule has 0 aliphatic carbocycles. The third-order valence-electron chi connectivity index (χ3n) is 3.35. The maximum atomic E-state index is 11.8. The van der Waals surface area contributed by atoms with Crippen LogP contribution in [0.15, 0.2) is 47.2 Å². The molecule has 0 fully saturated rings. The summed E-state index contributed by atoms with van der Waals surface area (Å²) in [5, 5.41) is 15.8. The van der Waals surface area contributed by atoms with Crippen LogP contribution >= 0.6 is 0 Å². The molecule has 1 amide bonds. The standard InChI is InChI=1S/C15H16N2O4/c1-15(14(19)20,11-5-3-2-4-6-11)10-16-13(18)9-12-7-8-21-17-12/h2-8H,9-10H2,1H3,(H,16,18)(H,19,20). The number of carbonyl (C=O) groups is 2. The van der Waals surface area contributed by atoms with Crippen LogP contribution in [-0.4, -0.2) is 28.7 Å². The Labute approximate surface area is 121 Å². The zero-order chi connectivity index (χ0) is 15.3. The van der Waals surface area contributed by atoms with Crippen LogP contribution in [0.25, 0.3) is 0 Å². The molecule has 1 aromatic heterocycles. The highest BCUT2D eigenvalue weighted by molar-refractivity contribution is 5.83. The number of hydrogen-bond donors (Lipinski definition) is 2. The lowest BCUT2D eigenvalue weighted by Crippen LogP contribution is -2.44. The first-order valence-electron chi connectivity index (χ1n) is 6.47. The first-order chi connectivity index (χ1) is 10.0. The van der Waals surface area contributed by atoms with Gasteiger partial charge < -0.3 is 14.9 Å². The second-order valence-electron chi connectivity index (χ2n) is 4.95. The molecule has 2 aromatic rings. The second-order valence-corrected chi connectivity index (χ2v) is 4.95.